The Balaban J connectivity index is 0.00000144. The minimum absolute atomic E-state index is 0. The third-order valence-electron chi connectivity index (χ3n) is 5.20. The molecule has 2 unspecified atom stereocenters. The lowest BCUT2D eigenvalue weighted by Gasteiger charge is -2.34. The summed E-state index contributed by atoms with van der Waals surface area (Å²) in [5.74, 6) is 1.75. The molecular formula is C17H25ClN4. The molecule has 0 radical (unpaired) electrons. The molecule has 2 aliphatic heterocycles. The summed E-state index contributed by atoms with van der Waals surface area (Å²) in [6.45, 7) is 8.98. The summed E-state index contributed by atoms with van der Waals surface area (Å²) < 4.78 is 2.13. The summed E-state index contributed by atoms with van der Waals surface area (Å²) in [5, 5.41) is 9.72. The van der Waals surface area contributed by atoms with Crippen LogP contribution in [0.1, 0.15) is 19.0 Å². The van der Waals surface area contributed by atoms with E-state index in [0.29, 0.717) is 0 Å². The van der Waals surface area contributed by atoms with Gasteiger partial charge < -0.3 is 5.32 Å². The predicted molar refractivity (Wildman–Crippen MR) is 92.4 cm³/mol. The zero-order valence-electron chi connectivity index (χ0n) is 13.2. The molecule has 1 N–H and O–H groups in total. The van der Waals surface area contributed by atoms with Gasteiger partial charge in [0.2, 0.25) is 0 Å². The molecule has 5 heteroatoms. The summed E-state index contributed by atoms with van der Waals surface area (Å²) >= 11 is 0. The summed E-state index contributed by atoms with van der Waals surface area (Å²) in [6.07, 6.45) is 1.34. The van der Waals surface area contributed by atoms with E-state index in [0.717, 1.165) is 24.9 Å². The predicted octanol–water partition coefficient (Wildman–Crippen LogP) is 2.52. The molecular weight excluding hydrogens is 296 g/mol. The smallest absolute Gasteiger partial charge is 0.0843 e. The fraction of sp³-hybridized carbons (Fsp3) is 0.588. The third-order valence-corrected chi connectivity index (χ3v) is 5.20. The van der Waals surface area contributed by atoms with Crippen LogP contribution in [-0.4, -0.2) is 40.9 Å². The first kappa shape index (κ1) is 15.8. The van der Waals surface area contributed by atoms with E-state index in [1.54, 1.807) is 0 Å². The number of aryl methyl sites for hydroxylation is 1. The van der Waals surface area contributed by atoms with Gasteiger partial charge in [0.05, 0.1) is 11.2 Å². The molecule has 22 heavy (non-hydrogen) atoms. The second kappa shape index (κ2) is 6.57. The molecule has 2 fully saturated rings. The van der Waals surface area contributed by atoms with Gasteiger partial charge in [-0.2, -0.15) is 5.10 Å². The number of nitrogens with one attached hydrogen (secondary N) is 1. The molecule has 0 bridgehead atoms. The van der Waals surface area contributed by atoms with Crippen LogP contribution in [0, 0.1) is 11.8 Å². The van der Waals surface area contributed by atoms with E-state index >= 15 is 0 Å². The number of benzene rings is 1. The van der Waals surface area contributed by atoms with Gasteiger partial charge in [0.15, 0.2) is 0 Å². The van der Waals surface area contributed by atoms with Crippen molar-refractivity contribution in [2.45, 2.75) is 26.4 Å². The second-order valence-corrected chi connectivity index (χ2v) is 6.48. The van der Waals surface area contributed by atoms with Crippen LogP contribution in [-0.2, 0) is 13.1 Å². The van der Waals surface area contributed by atoms with E-state index in [9.17, 15) is 0 Å². The number of hydrogen-bond acceptors (Lipinski definition) is 3. The molecule has 0 saturated carbocycles. The summed E-state index contributed by atoms with van der Waals surface area (Å²) in [7, 11) is 0. The van der Waals surface area contributed by atoms with Crippen LogP contribution < -0.4 is 5.32 Å². The van der Waals surface area contributed by atoms with E-state index in [-0.39, 0.29) is 12.4 Å². The third kappa shape index (κ3) is 2.75. The van der Waals surface area contributed by atoms with Crippen molar-refractivity contribution < 1.29 is 0 Å². The van der Waals surface area contributed by atoms with Gasteiger partial charge in [-0.05, 0) is 50.9 Å². The lowest BCUT2D eigenvalue weighted by Crippen LogP contribution is -2.39. The van der Waals surface area contributed by atoms with Gasteiger partial charge in [-0.25, -0.2) is 0 Å². The highest BCUT2D eigenvalue weighted by molar-refractivity contribution is 5.85. The summed E-state index contributed by atoms with van der Waals surface area (Å²) in [4.78, 5) is 2.60. The molecule has 2 saturated heterocycles. The van der Waals surface area contributed by atoms with Crippen LogP contribution in [0.3, 0.4) is 0 Å². The highest BCUT2D eigenvalue weighted by atomic mass is 35.5. The zero-order chi connectivity index (χ0) is 14.2. The van der Waals surface area contributed by atoms with Crippen LogP contribution >= 0.6 is 12.4 Å². The van der Waals surface area contributed by atoms with E-state index in [1.807, 2.05) is 0 Å². The largest absolute Gasteiger partial charge is 0.316 e. The average Bonchev–Trinajstić information content (AvgIpc) is 3.12. The molecule has 2 aromatic rings. The Morgan fingerprint density at radius 3 is 2.91 bits per heavy atom. The maximum atomic E-state index is 4.85. The summed E-state index contributed by atoms with van der Waals surface area (Å²) in [6, 6.07) is 8.63. The number of fused-ring (bicyclic) bond motifs is 2. The Kier molecular flexibility index (Phi) is 4.71. The van der Waals surface area contributed by atoms with Gasteiger partial charge in [-0.15, -0.1) is 12.4 Å². The highest BCUT2D eigenvalue weighted by Gasteiger charge is 2.32. The number of halogens is 1. The van der Waals surface area contributed by atoms with E-state index in [1.165, 1.54) is 49.2 Å². The molecule has 1 aromatic heterocycles. The number of hydrogen-bond donors (Lipinski definition) is 1. The van der Waals surface area contributed by atoms with E-state index in [2.05, 4.69) is 46.1 Å². The zero-order valence-corrected chi connectivity index (χ0v) is 14.0. The molecule has 2 aliphatic rings. The quantitative estimate of drug-likeness (QED) is 0.943. The number of rotatable bonds is 3. The van der Waals surface area contributed by atoms with Crippen molar-refractivity contribution in [3.05, 3.63) is 30.0 Å². The number of aromatic nitrogens is 2. The number of nitrogens with zero attached hydrogens (tertiary/aromatic N) is 3. The first-order valence-electron chi connectivity index (χ1n) is 8.22. The van der Waals surface area contributed by atoms with Gasteiger partial charge in [0, 0.05) is 25.0 Å². The molecule has 3 heterocycles. The Morgan fingerprint density at radius 1 is 1.23 bits per heavy atom. The van der Waals surface area contributed by atoms with Crippen LogP contribution in [0.4, 0.5) is 0 Å². The number of piperidine rings is 1. The van der Waals surface area contributed by atoms with Crippen LogP contribution in [0.25, 0.3) is 10.9 Å². The fourth-order valence-electron chi connectivity index (χ4n) is 4.02. The molecule has 4 nitrogen and oxygen atoms in total. The minimum Gasteiger partial charge on any atom is -0.316 e. The van der Waals surface area contributed by atoms with Crippen molar-refractivity contribution in [1.29, 1.82) is 0 Å². The van der Waals surface area contributed by atoms with Crippen molar-refractivity contribution in [1.82, 2.24) is 20.0 Å². The monoisotopic (exact) mass is 320 g/mol. The van der Waals surface area contributed by atoms with Crippen LogP contribution in [0.5, 0.6) is 0 Å². The molecule has 0 spiro atoms. The lowest BCUT2D eigenvalue weighted by molar-refractivity contribution is 0.141. The van der Waals surface area contributed by atoms with Gasteiger partial charge >= 0.3 is 0 Å². The molecule has 120 valence electrons. The summed E-state index contributed by atoms with van der Waals surface area (Å²) in [5.41, 5.74) is 2.52. The van der Waals surface area contributed by atoms with Crippen molar-refractivity contribution in [2.24, 2.45) is 11.8 Å². The van der Waals surface area contributed by atoms with Crippen LogP contribution in [0.2, 0.25) is 0 Å². The van der Waals surface area contributed by atoms with Gasteiger partial charge in [0.25, 0.3) is 0 Å². The Hall–Kier alpha value is -1.10. The Labute approximate surface area is 138 Å². The van der Waals surface area contributed by atoms with E-state index < -0.39 is 0 Å². The van der Waals surface area contributed by atoms with Crippen molar-refractivity contribution >= 4 is 23.3 Å². The second-order valence-electron chi connectivity index (χ2n) is 6.48. The average molecular weight is 321 g/mol. The fourth-order valence-corrected chi connectivity index (χ4v) is 4.02. The Morgan fingerprint density at radius 2 is 2.05 bits per heavy atom. The molecule has 1 aromatic carbocycles. The normalized spacial score (nSPS) is 25.1. The van der Waals surface area contributed by atoms with Gasteiger partial charge in [-0.3, -0.25) is 9.58 Å². The first-order valence-corrected chi connectivity index (χ1v) is 8.22. The molecule has 0 aliphatic carbocycles. The molecule has 0 amide bonds. The Bertz CT molecular complexity index is 639. The van der Waals surface area contributed by atoms with Gasteiger partial charge in [0.1, 0.15) is 0 Å². The standard InChI is InChI=1S/C17H24N4.ClH/c1-2-21-17-6-4-3-5-15(17)16(19-21)12-20-8-7-13-9-18-10-14(13)11-20;/h3-6,13-14,18H,2,7-12H2,1H3;1H. The van der Waals surface area contributed by atoms with Crippen molar-refractivity contribution in [3.63, 3.8) is 0 Å². The maximum Gasteiger partial charge on any atom is 0.0843 e. The molecule has 4 rings (SSSR count). The SMILES string of the molecule is CCn1nc(CN2CCC3CNCC3C2)c2ccccc21.Cl. The van der Waals surface area contributed by atoms with E-state index in [4.69, 9.17) is 5.10 Å². The topological polar surface area (TPSA) is 33.1 Å². The first-order chi connectivity index (χ1) is 10.3. The van der Waals surface area contributed by atoms with Crippen LogP contribution in [0.15, 0.2) is 24.3 Å². The molecule has 2 atom stereocenters. The maximum absolute atomic E-state index is 4.85. The number of likely N-dealkylation sites (tertiary alicyclic amines) is 1. The van der Waals surface area contributed by atoms with Crippen molar-refractivity contribution in [2.75, 3.05) is 26.2 Å². The highest BCUT2D eigenvalue weighted by Crippen LogP contribution is 2.28. The minimum atomic E-state index is 0. The van der Waals surface area contributed by atoms with Crippen molar-refractivity contribution in [3.8, 4) is 0 Å². The number of para-hydroxylation sites is 1. The lowest BCUT2D eigenvalue weighted by atomic mass is 9.88. The van der Waals surface area contributed by atoms with Gasteiger partial charge in [-0.1, -0.05) is 18.2 Å².